The predicted molar refractivity (Wildman–Crippen MR) is 98.8 cm³/mol. The molecule has 0 bridgehead atoms. The highest BCUT2D eigenvalue weighted by Gasteiger charge is 2.47. The first-order chi connectivity index (χ1) is 12.0. The number of carbonyl (C=O) groups excluding carboxylic acids is 1. The average Bonchev–Trinajstić information content (AvgIpc) is 3.45. The number of hydrogen-bond acceptors (Lipinski definition) is 4. The summed E-state index contributed by atoms with van der Waals surface area (Å²) in [7, 11) is 1.60. The Labute approximate surface area is 148 Å². The first kappa shape index (κ1) is 17.7. The van der Waals surface area contributed by atoms with Gasteiger partial charge in [-0.15, -0.1) is 0 Å². The van der Waals surface area contributed by atoms with Crippen molar-refractivity contribution in [2.75, 3.05) is 19.0 Å². The molecule has 3 rings (SSSR count). The summed E-state index contributed by atoms with van der Waals surface area (Å²) in [6.07, 6.45) is 3.80. The number of hydrogen-bond donors (Lipinski definition) is 1. The van der Waals surface area contributed by atoms with Gasteiger partial charge in [-0.1, -0.05) is 13.8 Å². The summed E-state index contributed by atoms with van der Waals surface area (Å²) in [5.41, 5.74) is 0.696. The zero-order chi connectivity index (χ0) is 18.0. The smallest absolute Gasteiger partial charge is 0.256 e. The van der Waals surface area contributed by atoms with E-state index in [1.165, 1.54) is 0 Å². The van der Waals surface area contributed by atoms with Crippen LogP contribution in [0, 0.1) is 11.8 Å². The van der Waals surface area contributed by atoms with E-state index in [1.54, 1.807) is 13.3 Å². The number of methoxy groups -OCH3 is 1. The molecule has 1 aliphatic rings. The van der Waals surface area contributed by atoms with Gasteiger partial charge in [-0.05, 0) is 55.9 Å². The Balaban J connectivity index is 1.89. The molecule has 5 nitrogen and oxygen atoms in total. The van der Waals surface area contributed by atoms with Crippen molar-refractivity contribution >= 4 is 22.5 Å². The number of aromatic nitrogens is 1. The molecule has 0 radical (unpaired) electrons. The number of ether oxygens (including phenoxy) is 2. The zero-order valence-electron chi connectivity index (χ0n) is 15.3. The molecule has 1 atom stereocenters. The van der Waals surface area contributed by atoms with Gasteiger partial charge in [0.05, 0.1) is 12.3 Å². The Morgan fingerprint density at radius 3 is 2.76 bits per heavy atom. The third-order valence-electron chi connectivity index (χ3n) is 4.78. The van der Waals surface area contributed by atoms with Crippen molar-refractivity contribution in [2.24, 2.45) is 11.8 Å². The van der Waals surface area contributed by atoms with Gasteiger partial charge in [-0.25, -0.2) is 0 Å². The van der Waals surface area contributed by atoms with Gasteiger partial charge >= 0.3 is 0 Å². The third kappa shape index (κ3) is 3.61. The normalized spacial score (nSPS) is 16.7. The van der Waals surface area contributed by atoms with Crippen LogP contribution in [0.3, 0.4) is 0 Å². The van der Waals surface area contributed by atoms with Crippen molar-refractivity contribution in [3.05, 3.63) is 30.5 Å². The first-order valence-electron chi connectivity index (χ1n) is 8.83. The van der Waals surface area contributed by atoms with Gasteiger partial charge < -0.3 is 14.8 Å². The molecule has 1 aromatic carbocycles. The van der Waals surface area contributed by atoms with E-state index in [-0.39, 0.29) is 11.8 Å². The van der Waals surface area contributed by atoms with Crippen LogP contribution in [0.4, 0.5) is 5.69 Å². The number of fused-ring (bicyclic) bond motifs is 1. The second kappa shape index (κ2) is 7.00. The quantitative estimate of drug-likeness (QED) is 0.825. The molecule has 1 N–H and O–H groups in total. The van der Waals surface area contributed by atoms with E-state index in [9.17, 15) is 4.79 Å². The summed E-state index contributed by atoms with van der Waals surface area (Å²) in [6.45, 7) is 6.70. The summed E-state index contributed by atoms with van der Waals surface area (Å²) in [5.74, 6) is 1.34. The van der Waals surface area contributed by atoms with E-state index in [0.717, 1.165) is 35.2 Å². The summed E-state index contributed by atoms with van der Waals surface area (Å²) in [4.78, 5) is 17.3. The van der Waals surface area contributed by atoms with Gasteiger partial charge in [0.2, 0.25) is 0 Å². The number of anilines is 1. The lowest BCUT2D eigenvalue weighted by atomic mass is 9.98. The van der Waals surface area contributed by atoms with Crippen LogP contribution in [-0.4, -0.2) is 30.2 Å². The Hall–Kier alpha value is -2.14. The number of nitrogens with one attached hydrogen (secondary N) is 1. The Morgan fingerprint density at radius 2 is 2.12 bits per heavy atom. The number of nitrogens with zero attached hydrogens (tertiary/aromatic N) is 1. The Bertz CT molecular complexity index is 771. The van der Waals surface area contributed by atoms with Crippen LogP contribution >= 0.6 is 0 Å². The fraction of sp³-hybridized carbons (Fsp3) is 0.500. The lowest BCUT2D eigenvalue weighted by Gasteiger charge is -2.27. The maximum absolute atomic E-state index is 12.8. The molecule has 1 heterocycles. The fourth-order valence-corrected chi connectivity index (χ4v) is 2.95. The Morgan fingerprint density at radius 1 is 1.36 bits per heavy atom. The minimum atomic E-state index is -0.790. The topological polar surface area (TPSA) is 60.5 Å². The molecular weight excluding hydrogens is 316 g/mol. The molecule has 0 spiro atoms. The molecule has 1 amide bonds. The minimum Gasteiger partial charge on any atom is -0.491 e. The van der Waals surface area contributed by atoms with Crippen molar-refractivity contribution in [3.8, 4) is 5.75 Å². The van der Waals surface area contributed by atoms with Gasteiger partial charge in [0.15, 0.2) is 0 Å². The van der Waals surface area contributed by atoms with Crippen molar-refractivity contribution in [1.29, 1.82) is 0 Å². The van der Waals surface area contributed by atoms with Crippen molar-refractivity contribution in [1.82, 2.24) is 4.98 Å². The molecule has 0 aliphatic heterocycles. The Kier molecular flexibility index (Phi) is 4.95. The molecule has 134 valence electrons. The van der Waals surface area contributed by atoms with E-state index in [0.29, 0.717) is 12.5 Å². The number of pyridine rings is 1. The van der Waals surface area contributed by atoms with Crippen molar-refractivity contribution in [3.63, 3.8) is 0 Å². The number of rotatable bonds is 7. The number of amides is 1. The molecule has 25 heavy (non-hydrogen) atoms. The van der Waals surface area contributed by atoms with E-state index < -0.39 is 5.60 Å². The second-order valence-corrected chi connectivity index (χ2v) is 7.26. The third-order valence-corrected chi connectivity index (χ3v) is 4.78. The number of carbonyl (C=O) groups is 1. The maximum atomic E-state index is 12.8. The van der Waals surface area contributed by atoms with Gasteiger partial charge in [0, 0.05) is 18.7 Å². The highest BCUT2D eigenvalue weighted by molar-refractivity contribution is 6.05. The van der Waals surface area contributed by atoms with Gasteiger partial charge in [-0.3, -0.25) is 9.78 Å². The molecule has 1 saturated carbocycles. The van der Waals surface area contributed by atoms with Gasteiger partial charge in [-0.2, -0.15) is 0 Å². The largest absolute Gasteiger partial charge is 0.491 e. The van der Waals surface area contributed by atoms with Gasteiger partial charge in [0.25, 0.3) is 5.91 Å². The number of benzene rings is 1. The summed E-state index contributed by atoms with van der Waals surface area (Å²) < 4.78 is 11.4. The summed E-state index contributed by atoms with van der Waals surface area (Å²) in [6, 6.07) is 7.55. The molecule has 1 aliphatic carbocycles. The molecule has 1 fully saturated rings. The van der Waals surface area contributed by atoms with E-state index in [1.807, 2.05) is 31.2 Å². The van der Waals surface area contributed by atoms with Gasteiger partial charge in [0.1, 0.15) is 16.9 Å². The minimum absolute atomic E-state index is 0.112. The van der Waals surface area contributed by atoms with E-state index in [4.69, 9.17) is 9.47 Å². The van der Waals surface area contributed by atoms with E-state index in [2.05, 4.69) is 24.1 Å². The molecule has 1 aromatic heterocycles. The predicted octanol–water partition coefficient (Wildman–Crippen LogP) is 4.02. The van der Waals surface area contributed by atoms with Crippen LogP contribution in [0.25, 0.3) is 10.9 Å². The van der Waals surface area contributed by atoms with Crippen molar-refractivity contribution in [2.45, 2.75) is 39.2 Å². The van der Waals surface area contributed by atoms with Crippen LogP contribution in [-0.2, 0) is 9.53 Å². The highest BCUT2D eigenvalue weighted by atomic mass is 16.5. The standard InChI is InChI=1S/C20H26N2O3/c1-13(2)12-25-17-10-9-16(15-6-5-11-21-18(15)17)22-19(23)20(3,24-4)14-7-8-14/h5-6,9-11,13-14H,7-8,12H2,1-4H3,(H,22,23)/t20-/m0/s1. The maximum Gasteiger partial charge on any atom is 0.256 e. The monoisotopic (exact) mass is 342 g/mol. The molecule has 5 heteroatoms. The van der Waals surface area contributed by atoms with Crippen LogP contribution < -0.4 is 10.1 Å². The highest BCUT2D eigenvalue weighted by Crippen LogP contribution is 2.42. The summed E-state index contributed by atoms with van der Waals surface area (Å²) in [5, 5.41) is 3.90. The lowest BCUT2D eigenvalue weighted by Crippen LogP contribution is -2.44. The van der Waals surface area contributed by atoms with Crippen LogP contribution in [0.5, 0.6) is 5.75 Å². The zero-order valence-corrected chi connectivity index (χ0v) is 15.3. The second-order valence-electron chi connectivity index (χ2n) is 7.26. The first-order valence-corrected chi connectivity index (χ1v) is 8.83. The SMILES string of the molecule is CO[C@](C)(C(=O)Nc1ccc(OCC(C)C)c2ncccc12)C1CC1. The lowest BCUT2D eigenvalue weighted by molar-refractivity contribution is -0.138. The molecule has 0 unspecified atom stereocenters. The molecule has 2 aromatic rings. The van der Waals surface area contributed by atoms with Crippen LogP contribution in [0.15, 0.2) is 30.5 Å². The average molecular weight is 342 g/mol. The van der Waals surface area contributed by atoms with Crippen LogP contribution in [0.1, 0.15) is 33.6 Å². The molecule has 0 saturated heterocycles. The van der Waals surface area contributed by atoms with Crippen molar-refractivity contribution < 1.29 is 14.3 Å². The molecular formula is C20H26N2O3. The van der Waals surface area contributed by atoms with Crippen LogP contribution in [0.2, 0.25) is 0 Å². The fourth-order valence-electron chi connectivity index (χ4n) is 2.95. The van der Waals surface area contributed by atoms with E-state index >= 15 is 0 Å². The summed E-state index contributed by atoms with van der Waals surface area (Å²) >= 11 is 0.